The van der Waals surface area contributed by atoms with Crippen molar-refractivity contribution in [2.75, 3.05) is 0 Å². The van der Waals surface area contributed by atoms with Gasteiger partial charge < -0.3 is 0 Å². The minimum Gasteiger partial charge on any atom is -0.0801 e. The minimum absolute atomic E-state index is 0.309. The van der Waals surface area contributed by atoms with Crippen LogP contribution in [0.3, 0.4) is 0 Å². The molecule has 0 unspecified atom stereocenters. The fourth-order valence-corrected chi connectivity index (χ4v) is 6.14. The minimum atomic E-state index is -0.309. The van der Waals surface area contributed by atoms with Gasteiger partial charge in [-0.05, 0) is 88.6 Å². The van der Waals surface area contributed by atoms with Crippen molar-refractivity contribution in [3.8, 4) is 0 Å². The first-order valence-electron chi connectivity index (χ1n) is 12.9. The van der Waals surface area contributed by atoms with E-state index in [-0.39, 0.29) is 5.41 Å². The Kier molecular flexibility index (Phi) is 6.99. The number of benzene rings is 3. The molecule has 0 N–H and O–H groups in total. The molecule has 0 aliphatic heterocycles. The second kappa shape index (κ2) is 9.79. The Morgan fingerprint density at radius 2 is 0.971 bits per heavy atom. The summed E-state index contributed by atoms with van der Waals surface area (Å²) in [5.41, 5.74) is 14.9. The summed E-state index contributed by atoms with van der Waals surface area (Å²) in [6, 6.07) is 21.5. The molecule has 4 rings (SSSR count). The molecule has 0 saturated heterocycles. The van der Waals surface area contributed by atoms with E-state index in [9.17, 15) is 0 Å². The SMILES string of the molecule is CCCCC1=C(C(c2cc(C)cc(C)c2)(c2cc(C)cc(C)c2)c2cc(C)cc(C)c2)CC=C1. The summed E-state index contributed by atoms with van der Waals surface area (Å²) in [6.45, 7) is 15.7. The van der Waals surface area contributed by atoms with Crippen molar-refractivity contribution in [3.05, 3.63) is 128 Å². The summed E-state index contributed by atoms with van der Waals surface area (Å²) in [4.78, 5) is 0. The van der Waals surface area contributed by atoms with Gasteiger partial charge in [0.2, 0.25) is 0 Å². The first-order chi connectivity index (χ1) is 16.2. The molecule has 0 radical (unpaired) electrons. The Labute approximate surface area is 207 Å². The highest BCUT2D eigenvalue weighted by molar-refractivity contribution is 5.64. The van der Waals surface area contributed by atoms with Gasteiger partial charge in [-0.1, -0.05) is 113 Å². The van der Waals surface area contributed by atoms with E-state index in [0.717, 1.165) is 12.8 Å². The number of aryl methyl sites for hydroxylation is 6. The van der Waals surface area contributed by atoms with Crippen LogP contribution in [0, 0.1) is 41.5 Å². The maximum Gasteiger partial charge on any atom is 0.0670 e. The van der Waals surface area contributed by atoms with E-state index < -0.39 is 0 Å². The van der Waals surface area contributed by atoms with Crippen LogP contribution in [0.4, 0.5) is 0 Å². The van der Waals surface area contributed by atoms with E-state index in [1.54, 1.807) is 5.57 Å². The topological polar surface area (TPSA) is 0 Å². The average molecular weight is 449 g/mol. The number of unbranched alkanes of at least 4 members (excludes halogenated alkanes) is 1. The summed E-state index contributed by atoms with van der Waals surface area (Å²) in [5, 5.41) is 0. The van der Waals surface area contributed by atoms with Crippen LogP contribution in [-0.2, 0) is 5.41 Å². The van der Waals surface area contributed by atoms with Crippen molar-refractivity contribution in [1.82, 2.24) is 0 Å². The van der Waals surface area contributed by atoms with Gasteiger partial charge >= 0.3 is 0 Å². The van der Waals surface area contributed by atoms with Gasteiger partial charge in [0.1, 0.15) is 0 Å². The lowest BCUT2D eigenvalue weighted by molar-refractivity contribution is 0.686. The average Bonchev–Trinajstić information content (AvgIpc) is 3.19. The maximum atomic E-state index is 2.44. The molecule has 0 saturated carbocycles. The third-order valence-electron chi connectivity index (χ3n) is 7.25. The van der Waals surface area contributed by atoms with Gasteiger partial charge in [-0.2, -0.15) is 0 Å². The van der Waals surface area contributed by atoms with Gasteiger partial charge in [0.25, 0.3) is 0 Å². The summed E-state index contributed by atoms with van der Waals surface area (Å²) < 4.78 is 0. The summed E-state index contributed by atoms with van der Waals surface area (Å²) in [6.07, 6.45) is 9.40. The van der Waals surface area contributed by atoms with Crippen molar-refractivity contribution < 1.29 is 0 Å². The van der Waals surface area contributed by atoms with Crippen LogP contribution in [0.2, 0.25) is 0 Å². The molecule has 3 aromatic carbocycles. The molecule has 0 amide bonds. The van der Waals surface area contributed by atoms with E-state index in [1.165, 1.54) is 68.5 Å². The third kappa shape index (κ3) is 4.56. The zero-order valence-electron chi connectivity index (χ0n) is 22.2. The molecular weight excluding hydrogens is 408 g/mol. The van der Waals surface area contributed by atoms with E-state index >= 15 is 0 Å². The number of hydrogen-bond acceptors (Lipinski definition) is 0. The number of allylic oxidation sites excluding steroid dienone is 4. The first-order valence-corrected chi connectivity index (χ1v) is 12.9. The van der Waals surface area contributed by atoms with Crippen LogP contribution in [-0.4, -0.2) is 0 Å². The molecule has 0 heteroatoms. The molecule has 0 nitrogen and oxygen atoms in total. The molecule has 1 aliphatic rings. The van der Waals surface area contributed by atoms with Crippen molar-refractivity contribution in [2.45, 2.75) is 79.6 Å². The Morgan fingerprint density at radius 3 is 1.32 bits per heavy atom. The Balaban J connectivity index is 2.20. The molecule has 34 heavy (non-hydrogen) atoms. The molecule has 0 spiro atoms. The molecule has 0 aromatic heterocycles. The van der Waals surface area contributed by atoms with Crippen molar-refractivity contribution in [1.29, 1.82) is 0 Å². The Bertz CT molecular complexity index is 1080. The summed E-state index contributed by atoms with van der Waals surface area (Å²) in [7, 11) is 0. The van der Waals surface area contributed by atoms with Gasteiger partial charge in [0.15, 0.2) is 0 Å². The van der Waals surface area contributed by atoms with Crippen molar-refractivity contribution in [2.24, 2.45) is 0 Å². The zero-order chi connectivity index (χ0) is 24.5. The highest BCUT2D eigenvalue weighted by Crippen LogP contribution is 2.51. The monoisotopic (exact) mass is 448 g/mol. The predicted octanol–water partition coefficient (Wildman–Crippen LogP) is 9.32. The van der Waals surface area contributed by atoms with Crippen molar-refractivity contribution in [3.63, 3.8) is 0 Å². The lowest BCUT2D eigenvalue weighted by atomic mass is 9.62. The first kappa shape index (κ1) is 24.3. The number of hydrogen-bond donors (Lipinski definition) is 0. The summed E-state index contributed by atoms with van der Waals surface area (Å²) in [5.74, 6) is 0. The van der Waals surface area contributed by atoms with Crippen LogP contribution < -0.4 is 0 Å². The van der Waals surface area contributed by atoms with E-state index in [0.29, 0.717) is 0 Å². The quantitative estimate of drug-likeness (QED) is 0.316. The normalized spacial score (nSPS) is 13.7. The van der Waals surface area contributed by atoms with Gasteiger partial charge in [0.05, 0.1) is 5.41 Å². The lowest BCUT2D eigenvalue weighted by Crippen LogP contribution is -2.33. The van der Waals surface area contributed by atoms with E-state index in [1.807, 2.05) is 0 Å². The van der Waals surface area contributed by atoms with Crippen LogP contribution in [0.15, 0.2) is 77.9 Å². The van der Waals surface area contributed by atoms with Gasteiger partial charge in [0, 0.05) is 0 Å². The third-order valence-corrected chi connectivity index (χ3v) is 7.25. The Hall–Kier alpha value is -2.86. The fourth-order valence-electron chi connectivity index (χ4n) is 6.14. The van der Waals surface area contributed by atoms with E-state index in [4.69, 9.17) is 0 Å². The predicted molar refractivity (Wildman–Crippen MR) is 148 cm³/mol. The highest BCUT2D eigenvalue weighted by Gasteiger charge is 2.42. The molecule has 3 aromatic rings. The van der Waals surface area contributed by atoms with E-state index in [2.05, 4.69) is 115 Å². The fraction of sp³-hybridized carbons (Fsp3) is 0.353. The van der Waals surface area contributed by atoms with Crippen LogP contribution >= 0.6 is 0 Å². The molecule has 0 fully saturated rings. The molecule has 176 valence electrons. The highest BCUT2D eigenvalue weighted by atomic mass is 14.4. The number of rotatable bonds is 7. The molecule has 1 aliphatic carbocycles. The molecular formula is C34H40. The van der Waals surface area contributed by atoms with Gasteiger partial charge in [-0.3, -0.25) is 0 Å². The molecule has 0 bridgehead atoms. The van der Waals surface area contributed by atoms with Crippen LogP contribution in [0.25, 0.3) is 0 Å². The smallest absolute Gasteiger partial charge is 0.0670 e. The Morgan fingerprint density at radius 1 is 0.588 bits per heavy atom. The standard InChI is InChI=1S/C34H40/c1-8-9-11-29-12-10-13-33(29)34(30-17-23(2)14-24(3)18-30,31-19-25(4)15-26(5)20-31)32-21-27(6)16-28(7)22-32/h10,12,14-22H,8-9,11,13H2,1-7H3. The van der Waals surface area contributed by atoms with Gasteiger partial charge in [-0.15, -0.1) is 0 Å². The van der Waals surface area contributed by atoms with Crippen LogP contribution in [0.5, 0.6) is 0 Å². The molecule has 0 heterocycles. The second-order valence-corrected chi connectivity index (χ2v) is 10.6. The van der Waals surface area contributed by atoms with Gasteiger partial charge in [-0.25, -0.2) is 0 Å². The second-order valence-electron chi connectivity index (χ2n) is 10.6. The zero-order valence-corrected chi connectivity index (χ0v) is 22.2. The lowest BCUT2D eigenvalue weighted by Gasteiger charge is -2.40. The van der Waals surface area contributed by atoms with Crippen LogP contribution in [0.1, 0.15) is 82.7 Å². The molecule has 0 atom stereocenters. The van der Waals surface area contributed by atoms with Crippen molar-refractivity contribution >= 4 is 0 Å². The maximum absolute atomic E-state index is 2.44. The largest absolute Gasteiger partial charge is 0.0801 e. The summed E-state index contributed by atoms with van der Waals surface area (Å²) >= 11 is 0.